The molecule has 0 bridgehead atoms. The predicted molar refractivity (Wildman–Crippen MR) is 55.1 cm³/mol. The third kappa shape index (κ3) is 1.35. The first-order valence-corrected chi connectivity index (χ1v) is 5.29. The first-order valence-electron chi connectivity index (χ1n) is 5.29. The van der Waals surface area contributed by atoms with Gasteiger partial charge in [-0.15, -0.1) is 0 Å². The largest absolute Gasteiger partial charge is 0.367 e. The van der Waals surface area contributed by atoms with Gasteiger partial charge in [0.15, 0.2) is 0 Å². The minimum Gasteiger partial charge on any atom is -0.367 e. The van der Waals surface area contributed by atoms with Crippen LogP contribution in [0.15, 0.2) is 30.3 Å². The van der Waals surface area contributed by atoms with Gasteiger partial charge in [-0.1, -0.05) is 30.3 Å². The van der Waals surface area contributed by atoms with Crippen molar-refractivity contribution < 1.29 is 4.74 Å². The van der Waals surface area contributed by atoms with Crippen LogP contribution in [0.5, 0.6) is 0 Å². The van der Waals surface area contributed by atoms with Crippen LogP contribution in [0.25, 0.3) is 0 Å². The summed E-state index contributed by atoms with van der Waals surface area (Å²) in [4.78, 5) is 2.51. The molecule has 1 aromatic carbocycles. The molecule has 2 saturated heterocycles. The first-order chi connectivity index (χ1) is 6.84. The zero-order chi connectivity index (χ0) is 9.54. The number of likely N-dealkylation sites (tertiary alicyclic amines) is 1. The van der Waals surface area contributed by atoms with Crippen LogP contribution in [0.2, 0.25) is 0 Å². The highest BCUT2D eigenvalue weighted by Gasteiger charge is 2.48. The van der Waals surface area contributed by atoms with Crippen LogP contribution in [0.3, 0.4) is 0 Å². The smallest absolute Gasteiger partial charge is 0.0981 e. The number of hydrogen-bond acceptors (Lipinski definition) is 2. The molecular formula is C12H15NO. The Morgan fingerprint density at radius 3 is 2.50 bits per heavy atom. The molecular weight excluding hydrogens is 174 g/mol. The normalized spacial score (nSPS) is 32.6. The number of fused-ring (bicyclic) bond motifs is 1. The van der Waals surface area contributed by atoms with E-state index >= 15 is 0 Å². The third-order valence-electron chi connectivity index (χ3n) is 3.35. The fourth-order valence-electron chi connectivity index (χ4n) is 2.30. The molecule has 0 aliphatic carbocycles. The first kappa shape index (κ1) is 8.45. The summed E-state index contributed by atoms with van der Waals surface area (Å²) in [7, 11) is 0. The van der Waals surface area contributed by atoms with Gasteiger partial charge in [-0.25, -0.2) is 0 Å². The highest BCUT2D eigenvalue weighted by molar-refractivity contribution is 5.19. The van der Waals surface area contributed by atoms with E-state index in [9.17, 15) is 0 Å². The topological polar surface area (TPSA) is 15.8 Å². The lowest BCUT2D eigenvalue weighted by Gasteiger charge is -2.25. The van der Waals surface area contributed by atoms with Crippen LogP contribution in [-0.2, 0) is 4.74 Å². The molecule has 0 N–H and O–H groups in total. The van der Waals surface area contributed by atoms with Gasteiger partial charge in [-0.2, -0.15) is 0 Å². The van der Waals surface area contributed by atoms with Crippen LogP contribution < -0.4 is 0 Å². The van der Waals surface area contributed by atoms with Crippen molar-refractivity contribution >= 4 is 0 Å². The van der Waals surface area contributed by atoms with E-state index in [4.69, 9.17) is 4.74 Å². The number of benzene rings is 1. The van der Waals surface area contributed by atoms with Gasteiger partial charge in [0.25, 0.3) is 0 Å². The van der Waals surface area contributed by atoms with Gasteiger partial charge in [-0.05, 0) is 12.5 Å². The third-order valence-corrected chi connectivity index (χ3v) is 3.35. The Morgan fingerprint density at radius 2 is 1.86 bits per heavy atom. The minimum atomic E-state index is 0.535. The van der Waals surface area contributed by atoms with E-state index in [1.165, 1.54) is 5.56 Å². The number of hydrogen-bond donors (Lipinski definition) is 0. The highest BCUT2D eigenvalue weighted by atomic mass is 16.6. The summed E-state index contributed by atoms with van der Waals surface area (Å²) in [5.74, 6) is 0. The average Bonchev–Trinajstić information content (AvgIpc) is 2.86. The summed E-state index contributed by atoms with van der Waals surface area (Å²) in [5.41, 5.74) is 1.41. The fraction of sp³-hybridized carbons (Fsp3) is 0.500. The molecule has 0 spiro atoms. The number of rotatable bonds is 2. The van der Waals surface area contributed by atoms with Gasteiger partial charge in [0.1, 0.15) is 0 Å². The van der Waals surface area contributed by atoms with Crippen LogP contribution in [0.4, 0.5) is 0 Å². The Balaban J connectivity index is 1.73. The summed E-state index contributed by atoms with van der Waals surface area (Å²) in [6.45, 7) is 4.50. The van der Waals surface area contributed by atoms with Gasteiger partial charge in [0.05, 0.1) is 12.2 Å². The lowest BCUT2D eigenvalue weighted by molar-refractivity contribution is 0.165. The monoisotopic (exact) mass is 189 g/mol. The van der Waals surface area contributed by atoms with Gasteiger partial charge in [0, 0.05) is 19.1 Å². The summed E-state index contributed by atoms with van der Waals surface area (Å²) in [6.07, 6.45) is 1.09. The molecule has 0 unspecified atom stereocenters. The molecule has 2 fully saturated rings. The number of nitrogens with zero attached hydrogens (tertiary/aromatic N) is 1. The molecule has 2 heterocycles. The molecule has 14 heavy (non-hydrogen) atoms. The van der Waals surface area contributed by atoms with Crippen molar-refractivity contribution in [1.82, 2.24) is 4.90 Å². The summed E-state index contributed by atoms with van der Waals surface area (Å²) < 4.78 is 5.43. The van der Waals surface area contributed by atoms with Crippen molar-refractivity contribution in [2.45, 2.75) is 25.2 Å². The Bertz CT molecular complexity index is 314. The van der Waals surface area contributed by atoms with Crippen molar-refractivity contribution in [3.63, 3.8) is 0 Å². The average molecular weight is 189 g/mol. The summed E-state index contributed by atoms with van der Waals surface area (Å²) >= 11 is 0. The Kier molecular flexibility index (Phi) is 1.85. The van der Waals surface area contributed by atoms with E-state index in [0.29, 0.717) is 18.2 Å². The van der Waals surface area contributed by atoms with Crippen LogP contribution in [-0.4, -0.2) is 30.2 Å². The molecule has 0 saturated carbocycles. The van der Waals surface area contributed by atoms with E-state index in [2.05, 4.69) is 42.2 Å². The second kappa shape index (κ2) is 3.07. The van der Waals surface area contributed by atoms with Gasteiger partial charge < -0.3 is 4.74 Å². The molecule has 1 aromatic rings. The zero-order valence-electron chi connectivity index (χ0n) is 8.39. The Labute approximate surface area is 84.5 Å². The Morgan fingerprint density at radius 1 is 1.21 bits per heavy atom. The maximum atomic E-state index is 5.43. The molecule has 2 aliphatic rings. The predicted octanol–water partition coefficient (Wildman–Crippen LogP) is 1.83. The lowest BCUT2D eigenvalue weighted by Crippen LogP contribution is -2.27. The maximum absolute atomic E-state index is 5.43. The molecule has 2 nitrogen and oxygen atoms in total. The second-order valence-electron chi connectivity index (χ2n) is 4.25. The van der Waals surface area contributed by atoms with E-state index in [-0.39, 0.29) is 0 Å². The van der Waals surface area contributed by atoms with Gasteiger partial charge in [0.2, 0.25) is 0 Å². The van der Waals surface area contributed by atoms with E-state index in [1.807, 2.05) is 0 Å². The van der Waals surface area contributed by atoms with E-state index in [1.54, 1.807) is 0 Å². The fourth-order valence-corrected chi connectivity index (χ4v) is 2.30. The van der Waals surface area contributed by atoms with Crippen LogP contribution in [0, 0.1) is 0 Å². The van der Waals surface area contributed by atoms with Gasteiger partial charge >= 0.3 is 0 Å². The standard InChI is InChI=1S/C12H15NO/c1-9(10-5-3-2-4-6-10)13-7-11-12(8-13)14-11/h2-6,9,11-12H,7-8H2,1H3/t9-,11-,12+/m0/s1. The minimum absolute atomic E-state index is 0.535. The van der Waals surface area contributed by atoms with Crippen molar-refractivity contribution in [3.8, 4) is 0 Å². The highest BCUT2D eigenvalue weighted by Crippen LogP contribution is 2.35. The maximum Gasteiger partial charge on any atom is 0.0981 e. The molecule has 0 amide bonds. The molecule has 2 heteroatoms. The summed E-state index contributed by atoms with van der Waals surface area (Å²) in [6, 6.07) is 11.2. The molecule has 0 aromatic heterocycles. The SMILES string of the molecule is C[C@@H](c1ccccc1)N1C[C@@H]2O[C@@H]2C1. The molecule has 2 aliphatic heterocycles. The van der Waals surface area contributed by atoms with E-state index < -0.39 is 0 Å². The summed E-state index contributed by atoms with van der Waals surface area (Å²) in [5, 5.41) is 0. The number of ether oxygens (including phenoxy) is 1. The zero-order valence-corrected chi connectivity index (χ0v) is 8.39. The van der Waals surface area contributed by atoms with Crippen LogP contribution in [0.1, 0.15) is 18.5 Å². The number of morpholine rings is 1. The van der Waals surface area contributed by atoms with Crippen molar-refractivity contribution in [1.29, 1.82) is 0 Å². The quantitative estimate of drug-likeness (QED) is 0.660. The van der Waals surface area contributed by atoms with Gasteiger partial charge in [-0.3, -0.25) is 4.90 Å². The molecule has 74 valence electrons. The van der Waals surface area contributed by atoms with E-state index in [0.717, 1.165) is 13.1 Å². The molecule has 0 radical (unpaired) electrons. The van der Waals surface area contributed by atoms with Crippen molar-refractivity contribution in [3.05, 3.63) is 35.9 Å². The van der Waals surface area contributed by atoms with Crippen molar-refractivity contribution in [2.75, 3.05) is 13.1 Å². The second-order valence-corrected chi connectivity index (χ2v) is 4.25. The van der Waals surface area contributed by atoms with Crippen molar-refractivity contribution in [2.24, 2.45) is 0 Å². The lowest BCUT2D eigenvalue weighted by atomic mass is 10.1. The Hall–Kier alpha value is -0.860. The molecule has 3 atom stereocenters. The molecule has 3 rings (SSSR count). The van der Waals surface area contributed by atoms with Crippen LogP contribution >= 0.6 is 0 Å². The number of epoxide rings is 1.